The van der Waals surface area contributed by atoms with Gasteiger partial charge in [-0.15, -0.1) is 0 Å². The van der Waals surface area contributed by atoms with Crippen molar-refractivity contribution in [3.05, 3.63) is 0 Å². The highest BCUT2D eigenvalue weighted by molar-refractivity contribution is 5.73. The largest absolute Gasteiger partial charge is 0.354 e. The lowest BCUT2D eigenvalue weighted by Gasteiger charge is -2.59. The summed E-state index contributed by atoms with van der Waals surface area (Å²) in [5.41, 5.74) is 0.641. The summed E-state index contributed by atoms with van der Waals surface area (Å²) < 4.78 is 0. The molecule has 0 saturated heterocycles. The number of hydrogen-bond donors (Lipinski definition) is 1. The van der Waals surface area contributed by atoms with E-state index in [4.69, 9.17) is 0 Å². The SMILES string of the molecule is CC(=O)NC1CC2(C1)CC(C(C)C)C2. The van der Waals surface area contributed by atoms with Gasteiger partial charge < -0.3 is 5.32 Å². The molecule has 1 N–H and O–H groups in total. The lowest BCUT2D eigenvalue weighted by atomic mass is 9.48. The van der Waals surface area contributed by atoms with Crippen molar-refractivity contribution in [1.29, 1.82) is 0 Å². The van der Waals surface area contributed by atoms with Crippen LogP contribution in [0.4, 0.5) is 0 Å². The normalized spacial score (nSPS) is 40.6. The first-order chi connectivity index (χ1) is 6.51. The summed E-state index contributed by atoms with van der Waals surface area (Å²) in [6.07, 6.45) is 5.27. The molecule has 0 heterocycles. The fourth-order valence-electron chi connectivity index (χ4n) is 3.23. The minimum absolute atomic E-state index is 0.129. The summed E-state index contributed by atoms with van der Waals surface area (Å²) in [4.78, 5) is 10.8. The van der Waals surface area contributed by atoms with Crippen molar-refractivity contribution in [2.45, 2.75) is 52.5 Å². The highest BCUT2D eigenvalue weighted by Gasteiger charge is 2.53. The molecule has 2 nitrogen and oxygen atoms in total. The van der Waals surface area contributed by atoms with Crippen LogP contribution in [0.3, 0.4) is 0 Å². The first-order valence-electron chi connectivity index (χ1n) is 5.78. The molecule has 0 aromatic heterocycles. The molecule has 1 amide bonds. The zero-order valence-electron chi connectivity index (χ0n) is 9.47. The Labute approximate surface area is 86.5 Å². The van der Waals surface area contributed by atoms with Crippen molar-refractivity contribution < 1.29 is 4.79 Å². The van der Waals surface area contributed by atoms with Gasteiger partial charge in [-0.1, -0.05) is 13.8 Å². The van der Waals surface area contributed by atoms with Gasteiger partial charge in [0.2, 0.25) is 5.91 Å². The maximum absolute atomic E-state index is 10.8. The molecule has 0 bridgehead atoms. The van der Waals surface area contributed by atoms with Crippen LogP contribution >= 0.6 is 0 Å². The number of carbonyl (C=O) groups is 1. The molecule has 2 saturated carbocycles. The van der Waals surface area contributed by atoms with Crippen LogP contribution < -0.4 is 5.32 Å². The number of amides is 1. The van der Waals surface area contributed by atoms with Gasteiger partial charge in [-0.05, 0) is 42.9 Å². The minimum atomic E-state index is 0.129. The zero-order valence-corrected chi connectivity index (χ0v) is 9.47. The van der Waals surface area contributed by atoms with Crippen LogP contribution in [0.2, 0.25) is 0 Å². The van der Waals surface area contributed by atoms with E-state index in [9.17, 15) is 4.79 Å². The molecule has 14 heavy (non-hydrogen) atoms. The van der Waals surface area contributed by atoms with Crippen LogP contribution in [0.5, 0.6) is 0 Å². The fourth-order valence-corrected chi connectivity index (χ4v) is 3.23. The van der Waals surface area contributed by atoms with Crippen molar-refractivity contribution in [1.82, 2.24) is 5.32 Å². The standard InChI is InChI=1S/C12H21NO/c1-8(2)10-4-12(5-10)6-11(7-12)13-9(3)14/h8,10-11H,4-7H2,1-3H3,(H,13,14). The lowest BCUT2D eigenvalue weighted by molar-refractivity contribution is -0.124. The Morgan fingerprint density at radius 2 is 1.86 bits per heavy atom. The second kappa shape index (κ2) is 3.25. The molecule has 2 heteroatoms. The zero-order chi connectivity index (χ0) is 10.3. The average Bonchev–Trinajstić information content (AvgIpc) is 1.89. The van der Waals surface area contributed by atoms with Crippen molar-refractivity contribution in [2.24, 2.45) is 17.3 Å². The maximum atomic E-state index is 10.8. The Hall–Kier alpha value is -0.530. The van der Waals surface area contributed by atoms with Gasteiger partial charge >= 0.3 is 0 Å². The van der Waals surface area contributed by atoms with Gasteiger partial charge in [0.05, 0.1) is 0 Å². The minimum Gasteiger partial charge on any atom is -0.354 e. The molecule has 2 rings (SSSR count). The van der Waals surface area contributed by atoms with Crippen LogP contribution in [-0.4, -0.2) is 11.9 Å². The van der Waals surface area contributed by atoms with Gasteiger partial charge in [-0.3, -0.25) is 4.79 Å². The average molecular weight is 195 g/mol. The maximum Gasteiger partial charge on any atom is 0.217 e. The lowest BCUT2D eigenvalue weighted by Crippen LogP contribution is -2.56. The van der Waals surface area contributed by atoms with Crippen molar-refractivity contribution in [3.8, 4) is 0 Å². The molecular formula is C12H21NO. The Morgan fingerprint density at radius 3 is 2.29 bits per heavy atom. The van der Waals surface area contributed by atoms with E-state index >= 15 is 0 Å². The van der Waals surface area contributed by atoms with Crippen LogP contribution in [0.1, 0.15) is 46.5 Å². The van der Waals surface area contributed by atoms with E-state index in [1.807, 2.05) is 0 Å². The Bertz CT molecular complexity index is 233. The van der Waals surface area contributed by atoms with Crippen LogP contribution in [0.15, 0.2) is 0 Å². The third-order valence-electron chi connectivity index (χ3n) is 4.10. The summed E-state index contributed by atoms with van der Waals surface area (Å²) in [5.74, 6) is 1.93. The van der Waals surface area contributed by atoms with Gasteiger partial charge in [0, 0.05) is 13.0 Å². The first-order valence-corrected chi connectivity index (χ1v) is 5.78. The van der Waals surface area contributed by atoms with Crippen LogP contribution in [0, 0.1) is 17.3 Å². The van der Waals surface area contributed by atoms with E-state index in [0.29, 0.717) is 11.5 Å². The van der Waals surface area contributed by atoms with Gasteiger partial charge in [0.15, 0.2) is 0 Å². The smallest absolute Gasteiger partial charge is 0.217 e. The third-order valence-corrected chi connectivity index (χ3v) is 4.10. The van der Waals surface area contributed by atoms with E-state index in [1.165, 1.54) is 25.7 Å². The van der Waals surface area contributed by atoms with Crippen molar-refractivity contribution >= 4 is 5.91 Å². The van der Waals surface area contributed by atoms with E-state index < -0.39 is 0 Å². The molecule has 2 aliphatic rings. The Morgan fingerprint density at radius 1 is 1.29 bits per heavy atom. The van der Waals surface area contributed by atoms with Crippen molar-refractivity contribution in [3.63, 3.8) is 0 Å². The number of carbonyl (C=O) groups excluding carboxylic acids is 1. The monoisotopic (exact) mass is 195 g/mol. The highest BCUT2D eigenvalue weighted by atomic mass is 16.1. The summed E-state index contributed by atoms with van der Waals surface area (Å²) in [5, 5.41) is 3.01. The summed E-state index contributed by atoms with van der Waals surface area (Å²) in [6.45, 7) is 6.26. The molecule has 2 fully saturated rings. The molecule has 0 aliphatic heterocycles. The number of hydrogen-bond acceptors (Lipinski definition) is 1. The van der Waals surface area contributed by atoms with E-state index in [-0.39, 0.29) is 5.91 Å². The molecule has 0 aromatic rings. The summed E-state index contributed by atoms with van der Waals surface area (Å²) in [7, 11) is 0. The second-order valence-corrected chi connectivity index (χ2v) is 5.72. The molecular weight excluding hydrogens is 174 g/mol. The van der Waals surface area contributed by atoms with Gasteiger partial charge in [-0.2, -0.15) is 0 Å². The van der Waals surface area contributed by atoms with Crippen LogP contribution in [0.25, 0.3) is 0 Å². The molecule has 1 spiro atoms. The van der Waals surface area contributed by atoms with E-state index in [1.54, 1.807) is 6.92 Å². The first kappa shape index (κ1) is 10.0. The predicted octanol–water partition coefficient (Wildman–Crippen LogP) is 2.34. The second-order valence-electron chi connectivity index (χ2n) is 5.72. The van der Waals surface area contributed by atoms with E-state index in [2.05, 4.69) is 19.2 Å². The summed E-state index contributed by atoms with van der Waals surface area (Å²) in [6, 6.07) is 0.487. The Kier molecular flexibility index (Phi) is 2.32. The van der Waals surface area contributed by atoms with E-state index in [0.717, 1.165) is 11.8 Å². The number of rotatable bonds is 2. The highest BCUT2D eigenvalue weighted by Crippen LogP contribution is 2.60. The number of nitrogens with one attached hydrogen (secondary N) is 1. The molecule has 0 atom stereocenters. The van der Waals surface area contributed by atoms with Gasteiger partial charge in [0.25, 0.3) is 0 Å². The summed E-state index contributed by atoms with van der Waals surface area (Å²) >= 11 is 0. The van der Waals surface area contributed by atoms with Crippen LogP contribution in [-0.2, 0) is 4.79 Å². The Balaban J connectivity index is 1.72. The topological polar surface area (TPSA) is 29.1 Å². The molecule has 0 radical (unpaired) electrons. The molecule has 0 aromatic carbocycles. The fraction of sp³-hybridized carbons (Fsp3) is 0.917. The van der Waals surface area contributed by atoms with Gasteiger partial charge in [0.1, 0.15) is 0 Å². The van der Waals surface area contributed by atoms with Gasteiger partial charge in [-0.25, -0.2) is 0 Å². The molecule has 2 aliphatic carbocycles. The quantitative estimate of drug-likeness (QED) is 0.720. The van der Waals surface area contributed by atoms with Crippen molar-refractivity contribution in [2.75, 3.05) is 0 Å². The third kappa shape index (κ3) is 1.67. The predicted molar refractivity (Wildman–Crippen MR) is 56.8 cm³/mol. The molecule has 0 unspecified atom stereocenters. The molecule has 80 valence electrons.